The number of ether oxygens (including phenoxy) is 1. The van der Waals surface area contributed by atoms with Crippen molar-refractivity contribution in [2.24, 2.45) is 0 Å². The van der Waals surface area contributed by atoms with Gasteiger partial charge in [-0.15, -0.1) is 11.8 Å². The van der Waals surface area contributed by atoms with Gasteiger partial charge in [-0.3, -0.25) is 9.10 Å². The Labute approximate surface area is 169 Å². The van der Waals surface area contributed by atoms with Gasteiger partial charge in [-0.05, 0) is 43.5 Å². The average Bonchev–Trinajstić information content (AvgIpc) is 2.66. The number of rotatable bonds is 8. The molecule has 0 aliphatic heterocycles. The summed E-state index contributed by atoms with van der Waals surface area (Å²) < 4.78 is 30.5. The van der Waals surface area contributed by atoms with E-state index in [9.17, 15) is 18.0 Å². The summed E-state index contributed by atoms with van der Waals surface area (Å²) in [6.45, 7) is 1.47. The molecule has 0 aliphatic rings. The standard InChI is InChI=1S/C19H22N2O5S2/c1-4-26-19(23)16-10-5-6-11-17(16)20-18(22)13-21(28(3,24)25)14-8-7-9-15(12-14)27-2/h5-12H,4,13H2,1-3H3,(H,20,22). The molecule has 1 amide bonds. The molecule has 1 N–H and O–H groups in total. The van der Waals surface area contributed by atoms with Gasteiger partial charge >= 0.3 is 5.97 Å². The maximum absolute atomic E-state index is 12.6. The van der Waals surface area contributed by atoms with Crippen LogP contribution < -0.4 is 9.62 Å². The molecule has 9 heteroatoms. The van der Waals surface area contributed by atoms with Crippen molar-refractivity contribution in [1.82, 2.24) is 0 Å². The van der Waals surface area contributed by atoms with E-state index in [-0.39, 0.29) is 17.9 Å². The number of carbonyl (C=O) groups excluding carboxylic acids is 2. The Hall–Kier alpha value is -2.52. The van der Waals surface area contributed by atoms with Gasteiger partial charge in [0.15, 0.2) is 0 Å². The molecule has 0 saturated carbocycles. The second-order valence-corrected chi connectivity index (χ2v) is 8.57. The first kappa shape index (κ1) is 21.8. The van der Waals surface area contributed by atoms with Crippen LogP contribution in [0, 0.1) is 0 Å². The first-order valence-corrected chi connectivity index (χ1v) is 11.5. The Morgan fingerprint density at radius 3 is 2.50 bits per heavy atom. The van der Waals surface area contributed by atoms with E-state index in [1.165, 1.54) is 17.8 Å². The van der Waals surface area contributed by atoms with Crippen LogP contribution in [0.5, 0.6) is 0 Å². The fraction of sp³-hybridized carbons (Fsp3) is 0.263. The third-order valence-corrected chi connectivity index (χ3v) is 5.59. The number of thioether (sulfide) groups is 1. The zero-order valence-electron chi connectivity index (χ0n) is 15.8. The third kappa shape index (κ3) is 5.74. The van der Waals surface area contributed by atoms with Crippen molar-refractivity contribution in [3.63, 3.8) is 0 Å². The number of hydrogen-bond acceptors (Lipinski definition) is 6. The second-order valence-electron chi connectivity index (χ2n) is 5.79. The van der Waals surface area contributed by atoms with E-state index in [2.05, 4.69) is 5.32 Å². The molecule has 2 aromatic rings. The van der Waals surface area contributed by atoms with Crippen molar-refractivity contribution in [3.8, 4) is 0 Å². The molecule has 0 unspecified atom stereocenters. The van der Waals surface area contributed by atoms with E-state index < -0.39 is 28.4 Å². The number of carbonyl (C=O) groups is 2. The topological polar surface area (TPSA) is 92.8 Å². The number of nitrogens with one attached hydrogen (secondary N) is 1. The van der Waals surface area contributed by atoms with Crippen molar-refractivity contribution in [1.29, 1.82) is 0 Å². The monoisotopic (exact) mass is 422 g/mol. The highest BCUT2D eigenvalue weighted by atomic mass is 32.2. The van der Waals surface area contributed by atoms with Gasteiger partial charge in [0.2, 0.25) is 15.9 Å². The van der Waals surface area contributed by atoms with Gasteiger partial charge in [-0.25, -0.2) is 13.2 Å². The number of esters is 1. The maximum atomic E-state index is 12.6. The summed E-state index contributed by atoms with van der Waals surface area (Å²) in [6, 6.07) is 13.3. The summed E-state index contributed by atoms with van der Waals surface area (Å²) in [7, 11) is -3.69. The minimum absolute atomic E-state index is 0.202. The third-order valence-electron chi connectivity index (χ3n) is 3.73. The molecule has 2 aromatic carbocycles. The van der Waals surface area contributed by atoms with Gasteiger partial charge in [-0.1, -0.05) is 18.2 Å². The lowest BCUT2D eigenvalue weighted by Gasteiger charge is -2.22. The molecule has 0 saturated heterocycles. The number of para-hydroxylation sites is 1. The molecule has 0 aliphatic carbocycles. The van der Waals surface area contributed by atoms with Crippen LogP contribution in [0.1, 0.15) is 17.3 Å². The van der Waals surface area contributed by atoms with Gasteiger partial charge in [-0.2, -0.15) is 0 Å². The van der Waals surface area contributed by atoms with E-state index >= 15 is 0 Å². The lowest BCUT2D eigenvalue weighted by Crippen LogP contribution is -2.37. The largest absolute Gasteiger partial charge is 0.462 e. The number of benzene rings is 2. The van der Waals surface area contributed by atoms with Crippen molar-refractivity contribution in [2.45, 2.75) is 11.8 Å². The van der Waals surface area contributed by atoms with Crippen molar-refractivity contribution in [2.75, 3.05) is 35.3 Å². The van der Waals surface area contributed by atoms with Gasteiger partial charge in [0.05, 0.1) is 29.8 Å². The summed E-state index contributed by atoms with van der Waals surface area (Å²) in [6.07, 6.45) is 2.92. The summed E-state index contributed by atoms with van der Waals surface area (Å²) in [5.41, 5.74) is 0.855. The van der Waals surface area contributed by atoms with E-state index in [4.69, 9.17) is 4.74 Å². The lowest BCUT2D eigenvalue weighted by atomic mass is 10.2. The summed E-state index contributed by atoms with van der Waals surface area (Å²) in [4.78, 5) is 25.5. The molecule has 28 heavy (non-hydrogen) atoms. The zero-order chi connectivity index (χ0) is 20.7. The highest BCUT2D eigenvalue weighted by molar-refractivity contribution is 7.98. The molecule has 0 bridgehead atoms. The number of nitrogens with zero attached hydrogens (tertiary/aromatic N) is 1. The Kier molecular flexibility index (Phi) is 7.47. The van der Waals surface area contributed by atoms with Crippen LogP contribution in [-0.2, 0) is 19.6 Å². The zero-order valence-corrected chi connectivity index (χ0v) is 17.5. The molecule has 0 heterocycles. The quantitative estimate of drug-likeness (QED) is 0.519. The van der Waals surface area contributed by atoms with Crippen LogP contribution in [0.3, 0.4) is 0 Å². The first-order chi connectivity index (χ1) is 13.3. The highest BCUT2D eigenvalue weighted by Gasteiger charge is 2.22. The summed E-state index contributed by atoms with van der Waals surface area (Å²) >= 11 is 1.47. The number of sulfonamides is 1. The number of anilines is 2. The molecule has 0 atom stereocenters. The van der Waals surface area contributed by atoms with E-state index in [1.54, 1.807) is 43.3 Å². The maximum Gasteiger partial charge on any atom is 0.340 e. The van der Waals surface area contributed by atoms with Crippen LogP contribution in [0.4, 0.5) is 11.4 Å². The lowest BCUT2D eigenvalue weighted by molar-refractivity contribution is -0.114. The van der Waals surface area contributed by atoms with Crippen LogP contribution in [0.2, 0.25) is 0 Å². The van der Waals surface area contributed by atoms with Crippen molar-refractivity contribution >= 4 is 45.0 Å². The predicted molar refractivity (Wildman–Crippen MR) is 111 cm³/mol. The molecule has 0 spiro atoms. The Balaban J connectivity index is 2.25. The van der Waals surface area contributed by atoms with Gasteiger partial charge in [0.1, 0.15) is 6.54 Å². The van der Waals surface area contributed by atoms with Crippen LogP contribution in [-0.4, -0.2) is 46.0 Å². The molecule has 2 rings (SSSR count). The molecule has 0 fully saturated rings. The Morgan fingerprint density at radius 1 is 1.14 bits per heavy atom. The van der Waals surface area contributed by atoms with Crippen molar-refractivity contribution < 1.29 is 22.7 Å². The van der Waals surface area contributed by atoms with E-state index in [1.807, 2.05) is 12.3 Å². The minimum atomic E-state index is -3.69. The molecule has 150 valence electrons. The normalized spacial score (nSPS) is 11.0. The number of amides is 1. The average molecular weight is 423 g/mol. The van der Waals surface area contributed by atoms with Crippen LogP contribution in [0.15, 0.2) is 53.4 Å². The SMILES string of the molecule is CCOC(=O)c1ccccc1NC(=O)CN(c1cccc(SC)c1)S(C)(=O)=O. The summed E-state index contributed by atoms with van der Waals surface area (Å²) in [5, 5.41) is 2.60. The van der Waals surface area contributed by atoms with Gasteiger partial charge < -0.3 is 10.1 Å². The fourth-order valence-electron chi connectivity index (χ4n) is 2.46. The van der Waals surface area contributed by atoms with E-state index in [0.717, 1.165) is 15.5 Å². The molecular formula is C19H22N2O5S2. The number of hydrogen-bond donors (Lipinski definition) is 1. The van der Waals surface area contributed by atoms with Crippen LogP contribution in [0.25, 0.3) is 0 Å². The van der Waals surface area contributed by atoms with Crippen LogP contribution >= 0.6 is 11.8 Å². The van der Waals surface area contributed by atoms with Crippen molar-refractivity contribution in [3.05, 3.63) is 54.1 Å². The molecular weight excluding hydrogens is 400 g/mol. The molecule has 0 aromatic heterocycles. The molecule has 0 radical (unpaired) electrons. The van der Waals surface area contributed by atoms with E-state index in [0.29, 0.717) is 5.69 Å². The Bertz CT molecular complexity index is 960. The minimum Gasteiger partial charge on any atom is -0.462 e. The Morgan fingerprint density at radius 2 is 1.86 bits per heavy atom. The van der Waals surface area contributed by atoms with Gasteiger partial charge in [0.25, 0.3) is 0 Å². The van der Waals surface area contributed by atoms with Gasteiger partial charge in [0, 0.05) is 4.90 Å². The smallest absolute Gasteiger partial charge is 0.340 e. The highest BCUT2D eigenvalue weighted by Crippen LogP contribution is 2.24. The molecule has 7 nitrogen and oxygen atoms in total. The summed E-state index contributed by atoms with van der Waals surface area (Å²) in [5.74, 6) is -1.14. The first-order valence-electron chi connectivity index (χ1n) is 8.44. The predicted octanol–water partition coefficient (Wildman–Crippen LogP) is 2.99. The fourth-order valence-corrected chi connectivity index (χ4v) is 3.77. The second kappa shape index (κ2) is 9.61.